The van der Waals surface area contributed by atoms with Gasteiger partial charge < -0.3 is 24.8 Å². The summed E-state index contributed by atoms with van der Waals surface area (Å²) in [5.74, 6) is -0.323. The van der Waals surface area contributed by atoms with Crippen molar-refractivity contribution in [3.05, 3.63) is 89.5 Å². The average Bonchev–Trinajstić information content (AvgIpc) is 2.91. The van der Waals surface area contributed by atoms with E-state index in [9.17, 15) is 14.4 Å². The summed E-state index contributed by atoms with van der Waals surface area (Å²) in [6, 6.07) is 20.9. The third-order valence-electron chi connectivity index (χ3n) is 5.41. The van der Waals surface area contributed by atoms with Crippen LogP contribution in [0.5, 0.6) is 11.5 Å². The molecule has 1 unspecified atom stereocenters. The van der Waals surface area contributed by atoms with Gasteiger partial charge >= 0.3 is 5.97 Å². The maximum Gasteiger partial charge on any atom is 0.338 e. The summed E-state index contributed by atoms with van der Waals surface area (Å²) in [6.07, 6.45) is 0.948. The standard InChI is InChI=1S/C28H30N2O6/c1-4-20-8-10-21(11-9-20)19(2)29-26(31)18-36-28(33)22-12-14-24(15-13-22)35-17-27(32)30-23-6-5-7-25(16-23)34-3/h5-16,19H,4,17-18H2,1-3H3,(H,29,31)(H,30,32). The number of ether oxygens (including phenoxy) is 3. The van der Waals surface area contributed by atoms with Crippen LogP contribution in [0.1, 0.15) is 41.4 Å². The van der Waals surface area contributed by atoms with Gasteiger partial charge in [-0.25, -0.2) is 4.79 Å². The van der Waals surface area contributed by atoms with Crippen molar-refractivity contribution in [3.8, 4) is 11.5 Å². The molecule has 2 N–H and O–H groups in total. The molecule has 0 aliphatic carbocycles. The Hall–Kier alpha value is -4.33. The summed E-state index contributed by atoms with van der Waals surface area (Å²) in [7, 11) is 1.55. The smallest absolute Gasteiger partial charge is 0.338 e. The molecule has 0 aliphatic heterocycles. The highest BCUT2D eigenvalue weighted by Gasteiger charge is 2.14. The summed E-state index contributed by atoms with van der Waals surface area (Å²) in [6.45, 7) is 3.36. The highest BCUT2D eigenvalue weighted by Crippen LogP contribution is 2.17. The van der Waals surface area contributed by atoms with Crippen molar-refractivity contribution in [3.63, 3.8) is 0 Å². The predicted octanol–water partition coefficient (Wildman–Crippen LogP) is 4.31. The van der Waals surface area contributed by atoms with Gasteiger partial charge in [0.1, 0.15) is 11.5 Å². The molecule has 3 rings (SSSR count). The van der Waals surface area contributed by atoms with Crippen LogP contribution < -0.4 is 20.1 Å². The van der Waals surface area contributed by atoms with E-state index >= 15 is 0 Å². The van der Waals surface area contributed by atoms with E-state index in [1.54, 1.807) is 43.5 Å². The largest absolute Gasteiger partial charge is 0.497 e. The van der Waals surface area contributed by atoms with Crippen LogP contribution in [0.25, 0.3) is 0 Å². The van der Waals surface area contributed by atoms with Gasteiger partial charge in [0.15, 0.2) is 13.2 Å². The maximum atomic E-state index is 12.3. The molecule has 0 saturated heterocycles. The molecule has 0 fully saturated rings. The second-order valence-corrected chi connectivity index (χ2v) is 8.05. The van der Waals surface area contributed by atoms with Gasteiger partial charge in [0.2, 0.25) is 0 Å². The fraction of sp³-hybridized carbons (Fsp3) is 0.250. The number of nitrogens with one attached hydrogen (secondary N) is 2. The maximum absolute atomic E-state index is 12.3. The molecular formula is C28H30N2O6. The number of aryl methyl sites for hydroxylation is 1. The number of carbonyl (C=O) groups is 3. The van der Waals surface area contributed by atoms with Crippen molar-refractivity contribution < 1.29 is 28.6 Å². The lowest BCUT2D eigenvalue weighted by Gasteiger charge is -2.15. The van der Waals surface area contributed by atoms with Crippen molar-refractivity contribution in [2.45, 2.75) is 26.3 Å². The Balaban J connectivity index is 1.41. The van der Waals surface area contributed by atoms with E-state index < -0.39 is 11.9 Å². The molecule has 0 saturated carbocycles. The minimum atomic E-state index is -0.632. The Morgan fingerprint density at radius 2 is 1.58 bits per heavy atom. The topological polar surface area (TPSA) is 103 Å². The molecule has 3 aromatic rings. The zero-order valence-electron chi connectivity index (χ0n) is 20.6. The fourth-order valence-corrected chi connectivity index (χ4v) is 3.36. The van der Waals surface area contributed by atoms with Gasteiger partial charge in [-0.2, -0.15) is 0 Å². The van der Waals surface area contributed by atoms with Crippen LogP contribution in [-0.2, 0) is 20.7 Å². The highest BCUT2D eigenvalue weighted by molar-refractivity contribution is 5.92. The first-order valence-corrected chi connectivity index (χ1v) is 11.6. The van der Waals surface area contributed by atoms with Gasteiger partial charge in [0.25, 0.3) is 11.8 Å². The molecule has 8 heteroatoms. The molecule has 0 spiro atoms. The van der Waals surface area contributed by atoms with Crippen molar-refractivity contribution in [1.29, 1.82) is 0 Å². The van der Waals surface area contributed by atoms with Crippen LogP contribution in [0.3, 0.4) is 0 Å². The van der Waals surface area contributed by atoms with E-state index in [0.717, 1.165) is 12.0 Å². The first kappa shape index (κ1) is 26.3. The quantitative estimate of drug-likeness (QED) is 0.388. The molecule has 8 nitrogen and oxygen atoms in total. The van der Waals surface area contributed by atoms with Crippen LogP contribution in [0.4, 0.5) is 5.69 Å². The first-order valence-electron chi connectivity index (χ1n) is 11.6. The second kappa shape index (κ2) is 12.9. The molecule has 3 aromatic carbocycles. The third-order valence-corrected chi connectivity index (χ3v) is 5.41. The average molecular weight is 491 g/mol. The molecule has 0 bridgehead atoms. The zero-order valence-corrected chi connectivity index (χ0v) is 20.6. The van der Waals surface area contributed by atoms with Gasteiger partial charge in [-0.1, -0.05) is 37.3 Å². The number of rotatable bonds is 11. The number of amides is 2. The van der Waals surface area contributed by atoms with Crippen LogP contribution in [0.2, 0.25) is 0 Å². The summed E-state index contributed by atoms with van der Waals surface area (Å²) in [4.78, 5) is 36.6. The Morgan fingerprint density at radius 1 is 0.861 bits per heavy atom. The van der Waals surface area contributed by atoms with E-state index in [-0.39, 0.29) is 30.7 Å². The molecule has 0 radical (unpaired) electrons. The monoisotopic (exact) mass is 490 g/mol. The van der Waals surface area contributed by atoms with Gasteiger partial charge in [-0.15, -0.1) is 0 Å². The second-order valence-electron chi connectivity index (χ2n) is 8.05. The number of esters is 1. The first-order chi connectivity index (χ1) is 17.4. The van der Waals surface area contributed by atoms with E-state index in [2.05, 4.69) is 17.6 Å². The van der Waals surface area contributed by atoms with E-state index in [0.29, 0.717) is 17.2 Å². The molecule has 0 aromatic heterocycles. The zero-order chi connectivity index (χ0) is 25.9. The number of hydrogen-bond donors (Lipinski definition) is 2. The predicted molar refractivity (Wildman–Crippen MR) is 136 cm³/mol. The Kier molecular flexibility index (Phi) is 9.45. The summed E-state index contributed by atoms with van der Waals surface area (Å²) in [5, 5.41) is 5.54. The lowest BCUT2D eigenvalue weighted by atomic mass is 10.1. The molecule has 0 aliphatic rings. The van der Waals surface area contributed by atoms with Crippen LogP contribution >= 0.6 is 0 Å². The Morgan fingerprint density at radius 3 is 2.25 bits per heavy atom. The van der Waals surface area contributed by atoms with Crippen molar-refractivity contribution in [1.82, 2.24) is 5.32 Å². The van der Waals surface area contributed by atoms with Crippen LogP contribution in [0.15, 0.2) is 72.8 Å². The normalized spacial score (nSPS) is 11.2. The minimum Gasteiger partial charge on any atom is -0.497 e. The van der Waals surface area contributed by atoms with E-state index in [1.807, 2.05) is 31.2 Å². The van der Waals surface area contributed by atoms with Gasteiger partial charge in [0, 0.05) is 11.8 Å². The summed E-state index contributed by atoms with van der Waals surface area (Å²) < 4.78 is 15.7. The lowest BCUT2D eigenvalue weighted by Crippen LogP contribution is -2.31. The van der Waals surface area contributed by atoms with Gasteiger partial charge in [-0.3, -0.25) is 9.59 Å². The van der Waals surface area contributed by atoms with Crippen molar-refractivity contribution in [2.24, 2.45) is 0 Å². The molecular weight excluding hydrogens is 460 g/mol. The number of methoxy groups -OCH3 is 1. The van der Waals surface area contributed by atoms with Crippen molar-refractivity contribution in [2.75, 3.05) is 25.6 Å². The Bertz CT molecular complexity index is 1180. The van der Waals surface area contributed by atoms with Gasteiger partial charge in [-0.05, 0) is 60.9 Å². The van der Waals surface area contributed by atoms with Crippen LogP contribution in [0, 0.1) is 0 Å². The third kappa shape index (κ3) is 7.87. The molecule has 1 atom stereocenters. The molecule has 36 heavy (non-hydrogen) atoms. The fourth-order valence-electron chi connectivity index (χ4n) is 3.36. The molecule has 0 heterocycles. The van der Waals surface area contributed by atoms with Crippen molar-refractivity contribution >= 4 is 23.5 Å². The number of anilines is 1. The SMILES string of the molecule is CCc1ccc(C(C)NC(=O)COC(=O)c2ccc(OCC(=O)Nc3cccc(OC)c3)cc2)cc1. The highest BCUT2D eigenvalue weighted by atomic mass is 16.5. The van der Waals surface area contributed by atoms with Gasteiger partial charge in [0.05, 0.1) is 18.7 Å². The van der Waals surface area contributed by atoms with E-state index in [4.69, 9.17) is 14.2 Å². The molecule has 2 amide bonds. The van der Waals surface area contributed by atoms with E-state index in [1.165, 1.54) is 17.7 Å². The summed E-state index contributed by atoms with van der Waals surface area (Å²) >= 11 is 0. The molecule has 188 valence electrons. The van der Waals surface area contributed by atoms with Crippen LogP contribution in [-0.4, -0.2) is 38.1 Å². The number of benzene rings is 3. The lowest BCUT2D eigenvalue weighted by molar-refractivity contribution is -0.124. The Labute approximate surface area is 210 Å². The minimum absolute atomic E-state index is 0.208. The number of hydrogen-bond acceptors (Lipinski definition) is 6. The summed E-state index contributed by atoms with van der Waals surface area (Å²) in [5.41, 5.74) is 3.05. The number of carbonyl (C=O) groups excluding carboxylic acids is 3.